The maximum atomic E-state index is 4.13. The lowest BCUT2D eigenvalue weighted by molar-refractivity contribution is 1.37. The highest BCUT2D eigenvalue weighted by molar-refractivity contribution is 9.11. The number of nitrogens with zero attached hydrogens (tertiary/aromatic N) is 2. The van der Waals surface area contributed by atoms with Gasteiger partial charge < -0.3 is 0 Å². The second-order valence-corrected chi connectivity index (χ2v) is 19.8. The van der Waals surface area contributed by atoms with Gasteiger partial charge >= 0.3 is 0 Å². The van der Waals surface area contributed by atoms with Crippen molar-refractivity contribution >= 4 is 194 Å². The van der Waals surface area contributed by atoms with Gasteiger partial charge in [-0.2, -0.15) is 0 Å². The summed E-state index contributed by atoms with van der Waals surface area (Å²) in [5, 5.41) is 10.00. The molecule has 3 aromatic carbocycles. The third kappa shape index (κ3) is 8.87. The maximum absolute atomic E-state index is 4.13. The fraction of sp³-hybridized carbons (Fsp3) is 0. The van der Waals surface area contributed by atoms with Gasteiger partial charge in [0.1, 0.15) is 9.21 Å². The number of thiophene rings is 4. The highest BCUT2D eigenvalue weighted by Gasteiger charge is 2.18. The molecule has 6 aromatic heterocycles. The molecule has 0 aliphatic heterocycles. The van der Waals surface area contributed by atoms with Crippen LogP contribution >= 0.6 is 164 Å². The molecule has 0 radical (unpaired) electrons. The van der Waals surface area contributed by atoms with Crippen LogP contribution in [0.3, 0.4) is 0 Å². The molecule has 48 heavy (non-hydrogen) atoms. The molecule has 2 nitrogen and oxygen atoms in total. The SMILES string of the molecule is Brc1c(-c2sc3ccccc3c2Br)sc2ccccc12.Brc1ccsc1-c1scnc1Br.Brc1csc2ccccc12.Brc1cscn1. The average molecular weight is 1130 g/mol. The first-order valence-corrected chi connectivity index (χ1v) is 23.6. The molecule has 0 amide bonds. The minimum absolute atomic E-state index is 0.924. The first kappa shape index (κ1) is 37.1. The quantitative estimate of drug-likeness (QED) is 0.172. The zero-order chi connectivity index (χ0) is 33.6. The van der Waals surface area contributed by atoms with Gasteiger partial charge in [-0.25, -0.2) is 9.97 Å². The standard InChI is InChI=1S/C16H8Br2S2.C8H5BrS.C7H3Br2NS2.C3H2BrNS/c17-13-9-5-1-3-7-11(9)19-15(13)16-14(18)10-6-2-4-8-12(10)20-16;9-7-5-10-8-4-2-1-3-6(7)8;8-4-1-2-11-5(4)6-7(9)10-3-12-6;4-3-1-6-2-5-3/h1-8H;1-5H;1-3H;1-2H. The Hall–Kier alpha value is -0.620. The molecular weight excluding hydrogens is 1110 g/mol. The monoisotopic (exact) mass is 1120 g/mol. The van der Waals surface area contributed by atoms with Crippen LogP contribution in [0.25, 0.3) is 49.8 Å². The van der Waals surface area contributed by atoms with Gasteiger partial charge in [0.05, 0.1) is 30.5 Å². The summed E-state index contributed by atoms with van der Waals surface area (Å²) in [4.78, 5) is 13.0. The zero-order valence-corrected chi connectivity index (χ0v) is 38.4. The molecule has 0 aliphatic carbocycles. The normalized spacial score (nSPS) is 10.7. The summed E-state index contributed by atoms with van der Waals surface area (Å²) in [6, 6.07) is 27.5. The minimum atomic E-state index is 0.924. The highest BCUT2D eigenvalue weighted by Crippen LogP contribution is 2.50. The molecule has 0 atom stereocenters. The fourth-order valence-electron chi connectivity index (χ4n) is 4.30. The Balaban J connectivity index is 0.000000122. The van der Waals surface area contributed by atoms with Crippen LogP contribution in [-0.2, 0) is 0 Å². The zero-order valence-electron chi connectivity index (χ0n) is 24.0. The van der Waals surface area contributed by atoms with Crippen molar-refractivity contribution in [2.24, 2.45) is 0 Å². The van der Waals surface area contributed by atoms with Gasteiger partial charge in [0, 0.05) is 58.9 Å². The highest BCUT2D eigenvalue weighted by atomic mass is 79.9. The van der Waals surface area contributed by atoms with Crippen molar-refractivity contribution in [3.8, 4) is 19.5 Å². The van der Waals surface area contributed by atoms with Gasteiger partial charge in [-0.1, -0.05) is 54.6 Å². The number of halogens is 6. The van der Waals surface area contributed by atoms with Crippen LogP contribution in [0, 0.1) is 0 Å². The minimum Gasteiger partial charge on any atom is -0.238 e. The molecule has 6 heterocycles. The van der Waals surface area contributed by atoms with Gasteiger partial charge in [-0.05, 0) is 125 Å². The van der Waals surface area contributed by atoms with E-state index in [0.29, 0.717) is 0 Å². The number of fused-ring (bicyclic) bond motifs is 3. The van der Waals surface area contributed by atoms with E-state index in [1.165, 1.54) is 63.2 Å². The molecule has 0 saturated carbocycles. The Kier molecular flexibility index (Phi) is 13.7. The Morgan fingerprint density at radius 2 is 1.04 bits per heavy atom. The molecule has 0 aliphatic rings. The van der Waals surface area contributed by atoms with Crippen LogP contribution in [0.2, 0.25) is 0 Å². The Labute approximate surface area is 351 Å². The summed E-state index contributed by atoms with van der Waals surface area (Å²) in [7, 11) is 0. The molecule has 0 saturated heterocycles. The molecule has 0 unspecified atom stereocenters. The van der Waals surface area contributed by atoms with Crippen LogP contribution < -0.4 is 0 Å². The second kappa shape index (κ2) is 17.7. The van der Waals surface area contributed by atoms with E-state index in [9.17, 15) is 0 Å². The van der Waals surface area contributed by atoms with E-state index in [1.807, 2.05) is 39.6 Å². The summed E-state index contributed by atoms with van der Waals surface area (Å²) in [6.07, 6.45) is 0. The number of hydrogen-bond acceptors (Lipinski definition) is 8. The van der Waals surface area contributed by atoms with Crippen molar-refractivity contribution in [1.29, 1.82) is 0 Å². The lowest BCUT2D eigenvalue weighted by atomic mass is 10.2. The van der Waals surface area contributed by atoms with E-state index in [4.69, 9.17) is 0 Å². The molecule has 14 heteroatoms. The lowest BCUT2D eigenvalue weighted by Crippen LogP contribution is -1.68. The Morgan fingerprint density at radius 3 is 1.48 bits per heavy atom. The van der Waals surface area contributed by atoms with Gasteiger partial charge in [-0.3, -0.25) is 0 Å². The number of aromatic nitrogens is 2. The van der Waals surface area contributed by atoms with Crippen LogP contribution in [0.4, 0.5) is 0 Å². The van der Waals surface area contributed by atoms with E-state index in [-0.39, 0.29) is 0 Å². The largest absolute Gasteiger partial charge is 0.238 e. The first-order valence-electron chi connectivity index (χ1n) is 13.6. The van der Waals surface area contributed by atoms with Gasteiger partial charge in [-0.15, -0.1) is 68.0 Å². The average Bonchev–Trinajstić information content (AvgIpc) is 3.97. The fourth-order valence-corrected chi connectivity index (χ4v) is 14.7. The van der Waals surface area contributed by atoms with Gasteiger partial charge in [0.25, 0.3) is 0 Å². The molecule has 9 rings (SSSR count). The van der Waals surface area contributed by atoms with E-state index >= 15 is 0 Å². The van der Waals surface area contributed by atoms with Crippen LogP contribution in [-0.4, -0.2) is 9.97 Å². The number of rotatable bonds is 2. The van der Waals surface area contributed by atoms with Gasteiger partial charge in [0.2, 0.25) is 0 Å². The molecule has 0 N–H and O–H groups in total. The van der Waals surface area contributed by atoms with Crippen LogP contribution in [0.1, 0.15) is 0 Å². The van der Waals surface area contributed by atoms with Crippen molar-refractivity contribution in [3.63, 3.8) is 0 Å². The van der Waals surface area contributed by atoms with Gasteiger partial charge in [0.15, 0.2) is 0 Å². The van der Waals surface area contributed by atoms with Crippen LogP contribution in [0.5, 0.6) is 0 Å². The second-order valence-electron chi connectivity index (χ2n) is 9.44. The summed E-state index contributed by atoms with van der Waals surface area (Å²) < 4.78 is 10.6. The van der Waals surface area contributed by atoms with E-state index in [2.05, 4.69) is 189 Å². The van der Waals surface area contributed by atoms with Crippen molar-refractivity contribution in [2.75, 3.05) is 0 Å². The summed E-state index contributed by atoms with van der Waals surface area (Å²) in [5.74, 6) is 0. The molecule has 9 aromatic rings. The predicted molar refractivity (Wildman–Crippen MR) is 238 cm³/mol. The van der Waals surface area contributed by atoms with E-state index in [0.717, 1.165) is 13.7 Å². The third-order valence-corrected chi connectivity index (χ3v) is 18.1. The number of benzene rings is 3. The summed E-state index contributed by atoms with van der Waals surface area (Å²) in [5.41, 5.74) is 3.62. The smallest absolute Gasteiger partial charge is 0.125 e. The Bertz CT molecular complexity index is 2290. The van der Waals surface area contributed by atoms with Crippen molar-refractivity contribution in [3.05, 3.63) is 133 Å². The summed E-state index contributed by atoms with van der Waals surface area (Å²) >= 11 is 31.5. The maximum Gasteiger partial charge on any atom is 0.125 e. The first-order chi connectivity index (χ1) is 23.3. The molecule has 242 valence electrons. The number of thiazole rings is 2. The predicted octanol–water partition coefficient (Wildman–Crippen LogP) is 17.3. The molecule has 0 bridgehead atoms. The summed E-state index contributed by atoms with van der Waals surface area (Å²) in [6.45, 7) is 0. The van der Waals surface area contributed by atoms with Crippen molar-refractivity contribution in [2.45, 2.75) is 0 Å². The molecule has 0 fully saturated rings. The number of hydrogen-bond donors (Lipinski definition) is 0. The Morgan fingerprint density at radius 1 is 0.458 bits per heavy atom. The van der Waals surface area contributed by atoms with E-state index in [1.54, 1.807) is 50.9 Å². The van der Waals surface area contributed by atoms with Crippen LogP contribution in [0.15, 0.2) is 133 Å². The molecular formula is C34H18Br6N2S6. The molecule has 0 spiro atoms. The third-order valence-electron chi connectivity index (χ3n) is 6.46. The van der Waals surface area contributed by atoms with Crippen molar-refractivity contribution < 1.29 is 0 Å². The lowest BCUT2D eigenvalue weighted by Gasteiger charge is -1.95. The van der Waals surface area contributed by atoms with E-state index < -0.39 is 0 Å². The van der Waals surface area contributed by atoms with Crippen molar-refractivity contribution in [1.82, 2.24) is 9.97 Å². The topological polar surface area (TPSA) is 25.8 Å².